The van der Waals surface area contributed by atoms with Gasteiger partial charge in [0.2, 0.25) is 5.91 Å². The number of allylic oxidation sites excluding steroid dienone is 2. The highest BCUT2D eigenvalue weighted by Crippen LogP contribution is 2.49. The average molecular weight is 515 g/mol. The van der Waals surface area contributed by atoms with Gasteiger partial charge in [0.05, 0.1) is 12.8 Å². The van der Waals surface area contributed by atoms with E-state index >= 15 is 0 Å². The van der Waals surface area contributed by atoms with E-state index in [4.69, 9.17) is 16.3 Å². The summed E-state index contributed by atoms with van der Waals surface area (Å²) < 4.78 is 5.66. The van der Waals surface area contributed by atoms with Crippen LogP contribution < -0.4 is 14.5 Å². The first-order valence-corrected chi connectivity index (χ1v) is 12.9. The summed E-state index contributed by atoms with van der Waals surface area (Å²) in [6.45, 7) is 1.91. The summed E-state index contributed by atoms with van der Waals surface area (Å²) in [6, 6.07) is 21.9. The minimum atomic E-state index is -0.279. The molecule has 1 amide bonds. The molecule has 0 spiro atoms. The number of benzene rings is 3. The SMILES string of the molecule is COc1cc(Cl)c(C)cc1N1C(=O)CC(c2ccc(N(C)C)cc2)C2=C1CC(c1ccccc1)CC2=O. The Kier molecular flexibility index (Phi) is 6.82. The second kappa shape index (κ2) is 10.1. The van der Waals surface area contributed by atoms with Crippen molar-refractivity contribution in [3.8, 4) is 5.75 Å². The van der Waals surface area contributed by atoms with Crippen LogP contribution in [0.4, 0.5) is 11.4 Å². The Morgan fingerprint density at radius 3 is 2.27 bits per heavy atom. The molecule has 0 aromatic heterocycles. The minimum absolute atomic E-state index is 0.00277. The lowest BCUT2D eigenvalue weighted by atomic mass is 9.72. The van der Waals surface area contributed by atoms with E-state index < -0.39 is 0 Å². The molecule has 0 N–H and O–H groups in total. The van der Waals surface area contributed by atoms with Crippen LogP contribution in [0.5, 0.6) is 5.75 Å². The van der Waals surface area contributed by atoms with Crippen LogP contribution in [0, 0.1) is 6.92 Å². The summed E-state index contributed by atoms with van der Waals surface area (Å²) in [4.78, 5) is 31.5. The van der Waals surface area contributed by atoms with Gasteiger partial charge in [0.25, 0.3) is 0 Å². The van der Waals surface area contributed by atoms with Gasteiger partial charge in [-0.15, -0.1) is 0 Å². The molecule has 5 rings (SSSR count). The zero-order valence-electron chi connectivity index (χ0n) is 21.6. The van der Waals surface area contributed by atoms with Gasteiger partial charge in [-0.2, -0.15) is 0 Å². The van der Waals surface area contributed by atoms with Crippen molar-refractivity contribution in [1.29, 1.82) is 0 Å². The number of amides is 1. The van der Waals surface area contributed by atoms with Gasteiger partial charge in [-0.1, -0.05) is 54.1 Å². The summed E-state index contributed by atoms with van der Waals surface area (Å²) in [7, 11) is 5.56. The molecule has 0 saturated heterocycles. The number of ether oxygens (including phenoxy) is 1. The smallest absolute Gasteiger partial charge is 0.232 e. The molecule has 2 unspecified atom stereocenters. The van der Waals surface area contributed by atoms with Crippen molar-refractivity contribution in [2.45, 2.75) is 38.0 Å². The van der Waals surface area contributed by atoms with Crippen molar-refractivity contribution in [3.05, 3.63) is 99.7 Å². The first-order chi connectivity index (χ1) is 17.8. The fourth-order valence-corrected chi connectivity index (χ4v) is 5.71. The van der Waals surface area contributed by atoms with Crippen LogP contribution in [0.25, 0.3) is 0 Å². The molecule has 2 aliphatic rings. The molecule has 2 atom stereocenters. The van der Waals surface area contributed by atoms with Crippen LogP contribution in [0.1, 0.15) is 47.8 Å². The van der Waals surface area contributed by atoms with Crippen molar-refractivity contribution in [2.75, 3.05) is 31.0 Å². The minimum Gasteiger partial charge on any atom is -0.495 e. The van der Waals surface area contributed by atoms with Crippen LogP contribution in [0.15, 0.2) is 78.0 Å². The average Bonchev–Trinajstić information content (AvgIpc) is 2.90. The van der Waals surface area contributed by atoms with E-state index in [1.807, 2.05) is 74.4 Å². The molecule has 5 nitrogen and oxygen atoms in total. The van der Waals surface area contributed by atoms with Gasteiger partial charge < -0.3 is 9.64 Å². The summed E-state index contributed by atoms with van der Waals surface area (Å²) in [5.41, 5.74) is 6.13. The Hall–Kier alpha value is -3.57. The van der Waals surface area contributed by atoms with Crippen LogP contribution >= 0.6 is 11.6 Å². The number of carbonyl (C=O) groups excluding carboxylic acids is 2. The Bertz CT molecular complexity index is 1380. The van der Waals surface area contributed by atoms with E-state index in [0.717, 1.165) is 33.6 Å². The highest BCUT2D eigenvalue weighted by atomic mass is 35.5. The number of hydrogen-bond acceptors (Lipinski definition) is 4. The molecule has 1 aliphatic heterocycles. The first-order valence-electron chi connectivity index (χ1n) is 12.5. The van der Waals surface area contributed by atoms with E-state index in [1.165, 1.54) is 0 Å². The number of methoxy groups -OCH3 is 1. The standard InChI is InChI=1S/C31H31ClN2O3/c1-19-14-26(29(37-4)18-25(19)32)34-27-15-22(20-8-6-5-7-9-20)16-28(35)31(27)24(17-30(34)36)21-10-12-23(13-11-21)33(2)3/h5-14,18,22,24H,15-17H2,1-4H3. The molecular formula is C31H31ClN2O3. The van der Waals surface area contributed by atoms with E-state index in [0.29, 0.717) is 29.3 Å². The zero-order valence-corrected chi connectivity index (χ0v) is 22.4. The van der Waals surface area contributed by atoms with Crippen molar-refractivity contribution >= 4 is 34.7 Å². The van der Waals surface area contributed by atoms with Gasteiger partial charge >= 0.3 is 0 Å². The number of carbonyl (C=O) groups is 2. The van der Waals surface area contributed by atoms with Gasteiger partial charge in [0, 0.05) is 60.9 Å². The molecule has 190 valence electrons. The third-order valence-electron chi connectivity index (χ3n) is 7.51. The third kappa shape index (κ3) is 4.64. The van der Waals surface area contributed by atoms with Gasteiger partial charge in [-0.05, 0) is 54.2 Å². The highest BCUT2D eigenvalue weighted by Gasteiger charge is 2.43. The zero-order chi connectivity index (χ0) is 26.3. The van der Waals surface area contributed by atoms with Crippen LogP contribution in [-0.4, -0.2) is 32.9 Å². The molecule has 0 bridgehead atoms. The molecule has 1 heterocycles. The molecule has 3 aromatic carbocycles. The first kappa shape index (κ1) is 25.1. The number of ketones is 1. The number of rotatable bonds is 5. The fourth-order valence-electron chi connectivity index (χ4n) is 5.55. The summed E-state index contributed by atoms with van der Waals surface area (Å²) in [6.07, 6.45) is 1.23. The summed E-state index contributed by atoms with van der Waals surface area (Å²) in [5.74, 6) is 0.273. The number of halogens is 1. The summed E-state index contributed by atoms with van der Waals surface area (Å²) in [5, 5.41) is 0.569. The van der Waals surface area contributed by atoms with E-state index in [-0.39, 0.29) is 29.9 Å². The van der Waals surface area contributed by atoms with Crippen LogP contribution in [0.2, 0.25) is 5.02 Å². The number of Topliss-reactive ketones (excluding diaryl/α,β-unsaturated/α-hetero) is 1. The molecular weight excluding hydrogens is 484 g/mol. The lowest BCUT2D eigenvalue weighted by Crippen LogP contribution is -2.42. The van der Waals surface area contributed by atoms with Crippen LogP contribution in [-0.2, 0) is 9.59 Å². The number of anilines is 2. The quantitative estimate of drug-likeness (QED) is 0.383. The Morgan fingerprint density at radius 2 is 1.62 bits per heavy atom. The molecule has 0 saturated carbocycles. The van der Waals surface area contributed by atoms with Crippen molar-refractivity contribution in [2.24, 2.45) is 0 Å². The van der Waals surface area contributed by atoms with Crippen molar-refractivity contribution < 1.29 is 14.3 Å². The summed E-state index contributed by atoms with van der Waals surface area (Å²) >= 11 is 6.39. The maximum atomic E-state index is 13.9. The van der Waals surface area contributed by atoms with Gasteiger partial charge in [0.15, 0.2) is 5.78 Å². The van der Waals surface area contributed by atoms with E-state index in [2.05, 4.69) is 12.1 Å². The maximum Gasteiger partial charge on any atom is 0.232 e. The normalized spacial score (nSPS) is 19.6. The predicted molar refractivity (Wildman–Crippen MR) is 149 cm³/mol. The molecule has 0 radical (unpaired) electrons. The number of hydrogen-bond donors (Lipinski definition) is 0. The molecule has 0 fully saturated rings. The van der Waals surface area contributed by atoms with E-state index in [1.54, 1.807) is 18.1 Å². The molecule has 3 aromatic rings. The molecule has 37 heavy (non-hydrogen) atoms. The topological polar surface area (TPSA) is 49.9 Å². The van der Waals surface area contributed by atoms with E-state index in [9.17, 15) is 9.59 Å². The second-order valence-corrected chi connectivity index (χ2v) is 10.5. The number of nitrogens with zero attached hydrogens (tertiary/aromatic N) is 2. The molecule has 6 heteroatoms. The molecule has 1 aliphatic carbocycles. The van der Waals surface area contributed by atoms with Gasteiger partial charge in [-0.25, -0.2) is 0 Å². The van der Waals surface area contributed by atoms with Gasteiger partial charge in [0.1, 0.15) is 5.75 Å². The van der Waals surface area contributed by atoms with Gasteiger partial charge in [-0.3, -0.25) is 14.5 Å². The third-order valence-corrected chi connectivity index (χ3v) is 7.92. The monoisotopic (exact) mass is 514 g/mol. The second-order valence-electron chi connectivity index (χ2n) is 10.0. The maximum absolute atomic E-state index is 13.9. The van der Waals surface area contributed by atoms with Crippen molar-refractivity contribution in [1.82, 2.24) is 0 Å². The van der Waals surface area contributed by atoms with Crippen molar-refractivity contribution in [3.63, 3.8) is 0 Å². The Balaban J connectivity index is 1.67. The number of aryl methyl sites for hydroxylation is 1. The lowest BCUT2D eigenvalue weighted by Gasteiger charge is -2.41. The predicted octanol–water partition coefficient (Wildman–Crippen LogP) is 6.64. The lowest BCUT2D eigenvalue weighted by molar-refractivity contribution is -0.120. The Labute approximate surface area is 223 Å². The largest absolute Gasteiger partial charge is 0.495 e. The van der Waals surface area contributed by atoms with Crippen LogP contribution in [0.3, 0.4) is 0 Å². The Morgan fingerprint density at radius 1 is 0.919 bits per heavy atom. The fraction of sp³-hybridized carbons (Fsp3) is 0.290. The highest BCUT2D eigenvalue weighted by molar-refractivity contribution is 6.31.